The van der Waals surface area contributed by atoms with Crippen LogP contribution in [0.3, 0.4) is 0 Å². The van der Waals surface area contributed by atoms with Crippen molar-refractivity contribution < 1.29 is 4.79 Å². The Morgan fingerprint density at radius 1 is 1.00 bits per heavy atom. The van der Waals surface area contributed by atoms with Crippen LogP contribution in [0.4, 0.5) is 11.4 Å². The highest BCUT2D eigenvalue weighted by Crippen LogP contribution is 2.25. The van der Waals surface area contributed by atoms with Crippen molar-refractivity contribution in [3.8, 4) is 0 Å². The molecule has 1 N–H and O–H groups in total. The van der Waals surface area contributed by atoms with Gasteiger partial charge in [0.25, 0.3) is 5.91 Å². The molecule has 6 heteroatoms. The molecular weight excluding hydrogens is 369 g/mol. The molecule has 0 aliphatic heterocycles. The van der Waals surface area contributed by atoms with E-state index in [9.17, 15) is 4.79 Å². The molecule has 1 heterocycles. The van der Waals surface area contributed by atoms with Gasteiger partial charge >= 0.3 is 0 Å². The SMILES string of the molecule is CN(Cc1ccccc1)C(=O)c1cncc(Nc2cc(Cl)cc(Cl)c2)c1. The Kier molecular flexibility index (Phi) is 5.76. The number of benzene rings is 2. The highest BCUT2D eigenvalue weighted by molar-refractivity contribution is 6.35. The topological polar surface area (TPSA) is 45.2 Å². The van der Waals surface area contributed by atoms with Crippen molar-refractivity contribution in [2.45, 2.75) is 6.54 Å². The third kappa shape index (κ3) is 4.75. The number of halogens is 2. The van der Waals surface area contributed by atoms with Crippen LogP contribution in [0.15, 0.2) is 67.0 Å². The predicted octanol–water partition coefficient (Wildman–Crippen LogP) is 5.40. The minimum Gasteiger partial charge on any atom is -0.354 e. The largest absolute Gasteiger partial charge is 0.354 e. The molecule has 0 spiro atoms. The number of aromatic nitrogens is 1. The molecule has 132 valence electrons. The summed E-state index contributed by atoms with van der Waals surface area (Å²) in [7, 11) is 1.77. The number of pyridine rings is 1. The van der Waals surface area contributed by atoms with Gasteiger partial charge in [-0.2, -0.15) is 0 Å². The number of carbonyl (C=O) groups is 1. The predicted molar refractivity (Wildman–Crippen MR) is 106 cm³/mol. The van der Waals surface area contributed by atoms with Crippen LogP contribution in [-0.4, -0.2) is 22.8 Å². The number of nitrogens with zero attached hydrogens (tertiary/aromatic N) is 2. The maximum Gasteiger partial charge on any atom is 0.255 e. The number of hydrogen-bond acceptors (Lipinski definition) is 3. The normalized spacial score (nSPS) is 10.4. The van der Waals surface area contributed by atoms with Crippen LogP contribution < -0.4 is 5.32 Å². The molecule has 0 fully saturated rings. The van der Waals surface area contributed by atoms with Crippen LogP contribution in [-0.2, 0) is 6.54 Å². The molecule has 1 amide bonds. The van der Waals surface area contributed by atoms with Crippen LogP contribution in [0.1, 0.15) is 15.9 Å². The molecule has 0 saturated carbocycles. The Hall–Kier alpha value is -2.56. The zero-order valence-corrected chi connectivity index (χ0v) is 15.6. The standard InChI is InChI=1S/C20H17Cl2N3O/c1-25(13-14-5-3-2-4-6-14)20(26)15-7-19(12-23-11-15)24-18-9-16(21)8-17(22)10-18/h2-12,24H,13H2,1H3. The average molecular weight is 386 g/mol. The zero-order chi connectivity index (χ0) is 18.5. The van der Waals surface area contributed by atoms with Gasteiger partial charge in [-0.05, 0) is 29.8 Å². The van der Waals surface area contributed by atoms with E-state index in [2.05, 4.69) is 10.3 Å². The molecule has 1 aromatic heterocycles. The monoisotopic (exact) mass is 385 g/mol. The summed E-state index contributed by atoms with van der Waals surface area (Å²) >= 11 is 12.0. The fourth-order valence-corrected chi connectivity index (χ4v) is 3.09. The van der Waals surface area contributed by atoms with E-state index in [1.54, 1.807) is 48.6 Å². The van der Waals surface area contributed by atoms with Crippen LogP contribution in [0.5, 0.6) is 0 Å². The van der Waals surface area contributed by atoms with Gasteiger partial charge in [-0.15, -0.1) is 0 Å². The Morgan fingerprint density at radius 3 is 2.38 bits per heavy atom. The van der Waals surface area contributed by atoms with Gasteiger partial charge in [0.2, 0.25) is 0 Å². The van der Waals surface area contributed by atoms with Gasteiger partial charge in [0.15, 0.2) is 0 Å². The second kappa shape index (κ2) is 8.21. The lowest BCUT2D eigenvalue weighted by molar-refractivity contribution is 0.0784. The van der Waals surface area contributed by atoms with E-state index in [-0.39, 0.29) is 5.91 Å². The molecule has 0 radical (unpaired) electrons. The number of anilines is 2. The molecule has 0 saturated heterocycles. The quantitative estimate of drug-likeness (QED) is 0.638. The number of hydrogen-bond donors (Lipinski definition) is 1. The van der Waals surface area contributed by atoms with Gasteiger partial charge in [0.1, 0.15) is 0 Å². The fraction of sp³-hybridized carbons (Fsp3) is 0.100. The van der Waals surface area contributed by atoms with Gasteiger partial charge in [-0.3, -0.25) is 9.78 Å². The van der Waals surface area contributed by atoms with Gasteiger partial charge in [-0.1, -0.05) is 53.5 Å². The maximum absolute atomic E-state index is 12.7. The van der Waals surface area contributed by atoms with Crippen molar-refractivity contribution >= 4 is 40.5 Å². The Bertz CT molecular complexity index is 896. The molecule has 26 heavy (non-hydrogen) atoms. The van der Waals surface area contributed by atoms with Gasteiger partial charge in [-0.25, -0.2) is 0 Å². The second-order valence-electron chi connectivity index (χ2n) is 5.89. The summed E-state index contributed by atoms with van der Waals surface area (Å²) in [6, 6.07) is 16.8. The Morgan fingerprint density at radius 2 is 1.69 bits per heavy atom. The molecule has 4 nitrogen and oxygen atoms in total. The van der Waals surface area contributed by atoms with Crippen molar-refractivity contribution in [1.82, 2.24) is 9.88 Å². The third-order valence-electron chi connectivity index (χ3n) is 3.75. The van der Waals surface area contributed by atoms with Crippen LogP contribution in [0.2, 0.25) is 10.0 Å². The van der Waals surface area contributed by atoms with Gasteiger partial charge in [0, 0.05) is 35.5 Å². The molecule has 0 bridgehead atoms. The molecular formula is C20H17Cl2N3O. The van der Waals surface area contributed by atoms with Crippen LogP contribution >= 0.6 is 23.2 Å². The van der Waals surface area contributed by atoms with Crippen molar-refractivity contribution in [2.24, 2.45) is 0 Å². The average Bonchev–Trinajstić information content (AvgIpc) is 2.61. The molecule has 0 unspecified atom stereocenters. The molecule has 3 aromatic rings. The van der Waals surface area contributed by atoms with E-state index in [1.165, 1.54) is 0 Å². The molecule has 0 aliphatic rings. The highest BCUT2D eigenvalue weighted by atomic mass is 35.5. The smallest absolute Gasteiger partial charge is 0.255 e. The lowest BCUT2D eigenvalue weighted by atomic mass is 10.2. The Balaban J connectivity index is 1.74. The molecule has 0 aliphatic carbocycles. The Labute approximate surface area is 162 Å². The number of nitrogens with one attached hydrogen (secondary N) is 1. The number of carbonyl (C=O) groups excluding carboxylic acids is 1. The van der Waals surface area contributed by atoms with E-state index in [1.807, 2.05) is 30.3 Å². The van der Waals surface area contributed by atoms with E-state index in [0.717, 1.165) is 11.3 Å². The van der Waals surface area contributed by atoms with Crippen molar-refractivity contribution in [3.05, 3.63) is 88.2 Å². The summed E-state index contributed by atoms with van der Waals surface area (Å²) in [4.78, 5) is 18.5. The van der Waals surface area contributed by atoms with Gasteiger partial charge in [0.05, 0.1) is 17.4 Å². The van der Waals surface area contributed by atoms with E-state index in [0.29, 0.717) is 27.8 Å². The van der Waals surface area contributed by atoms with Crippen molar-refractivity contribution in [1.29, 1.82) is 0 Å². The first-order valence-corrected chi connectivity index (χ1v) is 8.74. The van der Waals surface area contributed by atoms with Crippen molar-refractivity contribution in [2.75, 3.05) is 12.4 Å². The van der Waals surface area contributed by atoms with E-state index < -0.39 is 0 Å². The van der Waals surface area contributed by atoms with Crippen molar-refractivity contribution in [3.63, 3.8) is 0 Å². The maximum atomic E-state index is 12.7. The lowest BCUT2D eigenvalue weighted by Crippen LogP contribution is -2.26. The summed E-state index contributed by atoms with van der Waals surface area (Å²) in [5, 5.41) is 4.23. The third-order valence-corrected chi connectivity index (χ3v) is 4.18. The minimum atomic E-state index is -0.103. The second-order valence-corrected chi connectivity index (χ2v) is 6.77. The van der Waals surface area contributed by atoms with Crippen LogP contribution in [0, 0.1) is 0 Å². The first kappa shape index (κ1) is 18.2. The molecule has 2 aromatic carbocycles. The molecule has 3 rings (SSSR count). The van der Waals surface area contributed by atoms with Gasteiger partial charge < -0.3 is 10.2 Å². The number of rotatable bonds is 5. The number of amides is 1. The van der Waals surface area contributed by atoms with E-state index >= 15 is 0 Å². The summed E-state index contributed by atoms with van der Waals surface area (Å²) < 4.78 is 0. The zero-order valence-electron chi connectivity index (χ0n) is 14.1. The fourth-order valence-electron chi connectivity index (χ4n) is 2.57. The summed E-state index contributed by atoms with van der Waals surface area (Å²) in [6.07, 6.45) is 3.20. The summed E-state index contributed by atoms with van der Waals surface area (Å²) in [5.74, 6) is -0.103. The minimum absolute atomic E-state index is 0.103. The first-order valence-electron chi connectivity index (χ1n) is 7.99. The summed E-state index contributed by atoms with van der Waals surface area (Å²) in [5.41, 5.74) is 2.98. The summed E-state index contributed by atoms with van der Waals surface area (Å²) in [6.45, 7) is 0.529. The van der Waals surface area contributed by atoms with E-state index in [4.69, 9.17) is 23.2 Å². The molecule has 0 atom stereocenters. The first-order chi connectivity index (χ1) is 12.5. The lowest BCUT2D eigenvalue weighted by Gasteiger charge is -2.17. The van der Waals surface area contributed by atoms with Crippen LogP contribution in [0.25, 0.3) is 0 Å². The highest BCUT2D eigenvalue weighted by Gasteiger charge is 2.13.